The lowest BCUT2D eigenvalue weighted by Gasteiger charge is -2.53. The Morgan fingerprint density at radius 1 is 1.32 bits per heavy atom. The highest BCUT2D eigenvalue weighted by atomic mass is 32.1. The quantitative estimate of drug-likeness (QED) is 0.582. The van der Waals surface area contributed by atoms with Gasteiger partial charge in [-0.2, -0.15) is 0 Å². The van der Waals surface area contributed by atoms with Gasteiger partial charge in [-0.3, -0.25) is 4.90 Å². The zero-order valence-corrected chi connectivity index (χ0v) is 12.0. The third-order valence-corrected chi connectivity index (χ3v) is 3.85. The van der Waals surface area contributed by atoms with Crippen molar-refractivity contribution in [2.45, 2.75) is 38.5 Å². The number of esters is 1. The van der Waals surface area contributed by atoms with Gasteiger partial charge >= 0.3 is 5.97 Å². The maximum atomic E-state index is 12.2. The topological polar surface area (TPSA) is 41.6 Å². The molecule has 0 amide bonds. The molecule has 5 heteroatoms. The van der Waals surface area contributed by atoms with E-state index in [2.05, 4.69) is 19.2 Å². The van der Waals surface area contributed by atoms with Crippen LogP contribution in [0.15, 0.2) is 24.3 Å². The van der Waals surface area contributed by atoms with Crippen molar-refractivity contribution in [1.82, 2.24) is 5.32 Å². The van der Waals surface area contributed by atoms with Crippen molar-refractivity contribution in [1.29, 1.82) is 0 Å². The Morgan fingerprint density at radius 2 is 2.00 bits per heavy atom. The number of ether oxygens (including phenoxy) is 1. The molecule has 1 saturated heterocycles. The van der Waals surface area contributed by atoms with Gasteiger partial charge in [0.05, 0.1) is 11.3 Å². The summed E-state index contributed by atoms with van der Waals surface area (Å²) in [6.07, 6.45) is 0.667. The molecule has 0 radical (unpaired) electrons. The fraction of sp³-hybridized carbons (Fsp3) is 0.429. The van der Waals surface area contributed by atoms with E-state index in [1.165, 1.54) is 0 Å². The van der Waals surface area contributed by atoms with Gasteiger partial charge in [-0.1, -0.05) is 12.1 Å². The van der Waals surface area contributed by atoms with E-state index in [0.717, 1.165) is 5.69 Å². The summed E-state index contributed by atoms with van der Waals surface area (Å²) in [7, 11) is 0. The van der Waals surface area contributed by atoms with Gasteiger partial charge < -0.3 is 10.1 Å². The molecule has 100 valence electrons. The van der Waals surface area contributed by atoms with Gasteiger partial charge in [-0.25, -0.2) is 4.79 Å². The number of thiocarbonyl (C=S) groups is 1. The number of fused-ring (bicyclic) bond motifs is 3. The molecule has 0 aromatic heterocycles. The molecule has 19 heavy (non-hydrogen) atoms. The van der Waals surface area contributed by atoms with E-state index in [1.807, 2.05) is 30.0 Å². The molecule has 1 fully saturated rings. The van der Waals surface area contributed by atoms with Crippen molar-refractivity contribution in [3.8, 4) is 0 Å². The number of hydrogen-bond donors (Lipinski definition) is 1. The lowest BCUT2D eigenvalue weighted by Crippen LogP contribution is -2.69. The van der Waals surface area contributed by atoms with Crippen molar-refractivity contribution < 1.29 is 9.53 Å². The molecule has 2 aliphatic heterocycles. The Morgan fingerprint density at radius 3 is 2.74 bits per heavy atom. The van der Waals surface area contributed by atoms with E-state index >= 15 is 0 Å². The standard InChI is InChI=1S/C14H16N2O2S/c1-13(2)8-14(3)16(12(19)15-13)10-7-5-4-6-9(10)11(17)18-14/h4-7H,8H2,1-3H3,(H,15,19)/t14-/m0/s1. The second kappa shape index (κ2) is 3.70. The lowest BCUT2D eigenvalue weighted by molar-refractivity contribution is -0.0276. The van der Waals surface area contributed by atoms with Crippen LogP contribution >= 0.6 is 12.2 Å². The maximum absolute atomic E-state index is 12.2. The van der Waals surface area contributed by atoms with E-state index in [0.29, 0.717) is 17.1 Å². The van der Waals surface area contributed by atoms with Gasteiger partial charge in [0.1, 0.15) is 0 Å². The van der Waals surface area contributed by atoms with Crippen LogP contribution in [0.1, 0.15) is 37.6 Å². The zero-order valence-electron chi connectivity index (χ0n) is 11.2. The second-order valence-electron chi connectivity index (χ2n) is 5.91. The van der Waals surface area contributed by atoms with Gasteiger partial charge in [0, 0.05) is 12.0 Å². The van der Waals surface area contributed by atoms with Crippen LogP contribution in [0.25, 0.3) is 0 Å². The molecule has 0 unspecified atom stereocenters. The first-order valence-corrected chi connectivity index (χ1v) is 6.68. The van der Waals surface area contributed by atoms with Crippen LogP contribution in [0.4, 0.5) is 5.69 Å². The fourth-order valence-electron chi connectivity index (χ4n) is 3.05. The fourth-order valence-corrected chi connectivity index (χ4v) is 3.61. The maximum Gasteiger partial charge on any atom is 0.342 e. The smallest absolute Gasteiger partial charge is 0.342 e. The van der Waals surface area contributed by atoms with Gasteiger partial charge in [-0.05, 0) is 45.1 Å². The third-order valence-electron chi connectivity index (χ3n) is 3.57. The summed E-state index contributed by atoms with van der Waals surface area (Å²) in [4.78, 5) is 14.1. The first kappa shape index (κ1) is 12.4. The van der Waals surface area contributed by atoms with Crippen LogP contribution in [0.5, 0.6) is 0 Å². The Hall–Kier alpha value is -1.62. The molecule has 0 bridgehead atoms. The highest BCUT2D eigenvalue weighted by molar-refractivity contribution is 7.80. The van der Waals surface area contributed by atoms with Crippen molar-refractivity contribution >= 4 is 29.0 Å². The molecule has 1 atom stereocenters. The van der Waals surface area contributed by atoms with E-state index in [1.54, 1.807) is 6.07 Å². The normalized spacial score (nSPS) is 28.1. The molecule has 3 rings (SSSR count). The first-order valence-electron chi connectivity index (χ1n) is 6.27. The van der Waals surface area contributed by atoms with E-state index in [4.69, 9.17) is 17.0 Å². The minimum Gasteiger partial charge on any atom is -0.435 e. The molecule has 2 heterocycles. The molecule has 1 N–H and O–H groups in total. The molecule has 1 aromatic carbocycles. The molecule has 0 aliphatic carbocycles. The second-order valence-corrected chi connectivity index (χ2v) is 6.29. The number of nitrogens with zero attached hydrogens (tertiary/aromatic N) is 1. The summed E-state index contributed by atoms with van der Waals surface area (Å²) in [5, 5.41) is 3.90. The predicted molar refractivity (Wildman–Crippen MR) is 77.2 cm³/mol. The van der Waals surface area contributed by atoms with E-state index < -0.39 is 5.72 Å². The van der Waals surface area contributed by atoms with Gasteiger partial charge in [0.25, 0.3) is 0 Å². The number of hydrogen-bond acceptors (Lipinski definition) is 3. The minimum absolute atomic E-state index is 0.200. The predicted octanol–water partition coefficient (Wildman–Crippen LogP) is 2.44. The van der Waals surface area contributed by atoms with Crippen LogP contribution in [0.2, 0.25) is 0 Å². The lowest BCUT2D eigenvalue weighted by atomic mass is 9.88. The molecular formula is C14H16N2O2S. The Labute approximate surface area is 117 Å². The van der Waals surface area contributed by atoms with Gasteiger partial charge in [0.15, 0.2) is 10.8 Å². The van der Waals surface area contributed by atoms with E-state index in [-0.39, 0.29) is 11.5 Å². The molecule has 1 aromatic rings. The average Bonchev–Trinajstić information content (AvgIpc) is 2.25. The molecule has 0 saturated carbocycles. The summed E-state index contributed by atoms with van der Waals surface area (Å²) in [6, 6.07) is 7.40. The zero-order chi connectivity index (χ0) is 13.8. The molecule has 2 aliphatic rings. The van der Waals surface area contributed by atoms with Crippen LogP contribution in [0.3, 0.4) is 0 Å². The van der Waals surface area contributed by atoms with Crippen molar-refractivity contribution in [2.75, 3.05) is 4.90 Å². The SMILES string of the molecule is CC1(C)C[C@]2(C)OC(=O)c3ccccc3N2C(=S)N1. The van der Waals surface area contributed by atoms with Crippen molar-refractivity contribution in [3.63, 3.8) is 0 Å². The largest absolute Gasteiger partial charge is 0.435 e. The van der Waals surface area contributed by atoms with Crippen molar-refractivity contribution in [2.24, 2.45) is 0 Å². The van der Waals surface area contributed by atoms with Crippen LogP contribution in [-0.4, -0.2) is 22.3 Å². The number of carbonyl (C=O) groups excluding carboxylic acids is 1. The molecule has 4 nitrogen and oxygen atoms in total. The number of para-hydroxylation sites is 1. The monoisotopic (exact) mass is 276 g/mol. The molecule has 0 spiro atoms. The summed E-state index contributed by atoms with van der Waals surface area (Å²) in [5.74, 6) is -0.283. The number of benzene rings is 1. The highest BCUT2D eigenvalue weighted by Gasteiger charge is 2.51. The average molecular weight is 276 g/mol. The Balaban J connectivity index is 2.16. The number of anilines is 1. The van der Waals surface area contributed by atoms with Crippen LogP contribution in [-0.2, 0) is 4.74 Å². The summed E-state index contributed by atoms with van der Waals surface area (Å²) < 4.78 is 5.67. The van der Waals surface area contributed by atoms with Gasteiger partial charge in [0.2, 0.25) is 0 Å². The minimum atomic E-state index is -0.725. The number of rotatable bonds is 0. The third kappa shape index (κ3) is 1.80. The highest BCUT2D eigenvalue weighted by Crippen LogP contribution is 2.41. The van der Waals surface area contributed by atoms with Gasteiger partial charge in [-0.15, -0.1) is 0 Å². The van der Waals surface area contributed by atoms with Crippen LogP contribution < -0.4 is 10.2 Å². The summed E-state index contributed by atoms with van der Waals surface area (Å²) in [5.41, 5.74) is 0.449. The number of nitrogens with one attached hydrogen (secondary N) is 1. The van der Waals surface area contributed by atoms with Crippen molar-refractivity contribution in [3.05, 3.63) is 29.8 Å². The molecular weight excluding hydrogens is 260 g/mol. The summed E-state index contributed by atoms with van der Waals surface area (Å²) in [6.45, 7) is 6.02. The van der Waals surface area contributed by atoms with E-state index in [9.17, 15) is 4.79 Å². The summed E-state index contributed by atoms with van der Waals surface area (Å²) >= 11 is 5.46. The Bertz CT molecular complexity index is 585. The number of carbonyl (C=O) groups is 1. The first-order chi connectivity index (χ1) is 8.82. The Kier molecular flexibility index (Phi) is 2.41. The van der Waals surface area contributed by atoms with Crippen LogP contribution in [0, 0.1) is 0 Å².